The molecule has 0 amide bonds. The van der Waals surface area contributed by atoms with Gasteiger partial charge in [0.05, 0.1) is 47.3 Å². The van der Waals surface area contributed by atoms with Crippen LogP contribution < -0.4 is 0 Å². The summed E-state index contributed by atoms with van der Waals surface area (Å²) in [6.45, 7) is 5.24. The van der Waals surface area contributed by atoms with Crippen molar-refractivity contribution in [2.45, 2.75) is 94.8 Å². The van der Waals surface area contributed by atoms with Crippen molar-refractivity contribution < 1.29 is 66.5 Å². The Labute approximate surface area is 355 Å². The van der Waals surface area contributed by atoms with E-state index in [2.05, 4.69) is 6.58 Å². The zero-order valence-electron chi connectivity index (χ0n) is 34.4. The summed E-state index contributed by atoms with van der Waals surface area (Å²) in [5.74, 6) is -2.40. The molecule has 0 N–H and O–H groups in total. The predicted molar refractivity (Wildman–Crippen MR) is 218 cm³/mol. The van der Waals surface area contributed by atoms with Crippen LogP contribution in [0.2, 0.25) is 0 Å². The zero-order chi connectivity index (χ0) is 43.0. The van der Waals surface area contributed by atoms with Gasteiger partial charge in [-0.15, -0.1) is 6.58 Å². The molecule has 14 heteroatoms. The number of carbonyl (C=O) groups excluding carboxylic acids is 3. The van der Waals surface area contributed by atoms with Gasteiger partial charge in [0.1, 0.15) is 30.5 Å². The quantitative estimate of drug-likeness (QED) is 0.0613. The molecule has 2 fully saturated rings. The van der Waals surface area contributed by atoms with Crippen LogP contribution in [0.3, 0.4) is 0 Å². The van der Waals surface area contributed by atoms with E-state index in [0.717, 1.165) is 22.3 Å². The molecule has 0 aromatic heterocycles. The van der Waals surface area contributed by atoms with E-state index in [1.54, 1.807) is 6.08 Å². The van der Waals surface area contributed by atoms with Crippen LogP contribution in [0.1, 0.15) is 29.2 Å². The Morgan fingerprint density at radius 2 is 0.869 bits per heavy atom. The van der Waals surface area contributed by atoms with Crippen LogP contribution in [0, 0.1) is 0 Å². The number of ether oxygens (including phenoxy) is 11. The summed E-state index contributed by atoms with van der Waals surface area (Å²) >= 11 is 0. The van der Waals surface area contributed by atoms with Crippen LogP contribution in [0.4, 0.5) is 0 Å². The largest absolute Gasteiger partial charge is 0.467 e. The van der Waals surface area contributed by atoms with Gasteiger partial charge in [-0.3, -0.25) is 4.79 Å². The molecule has 4 aromatic carbocycles. The van der Waals surface area contributed by atoms with Crippen LogP contribution in [-0.2, 0) is 92.9 Å². The van der Waals surface area contributed by atoms with Gasteiger partial charge in [0.25, 0.3) is 0 Å². The number of carbonyl (C=O) groups is 3. The number of benzene rings is 4. The van der Waals surface area contributed by atoms with Gasteiger partial charge in [-0.05, 0) is 22.3 Å². The molecule has 0 saturated carbocycles. The summed E-state index contributed by atoms with van der Waals surface area (Å²) in [5.41, 5.74) is 3.24. The van der Waals surface area contributed by atoms with E-state index in [9.17, 15) is 14.4 Å². The smallest absolute Gasteiger partial charge is 0.339 e. The lowest BCUT2D eigenvalue weighted by atomic mass is 9.95. The monoisotopic (exact) mass is 840 g/mol. The van der Waals surface area contributed by atoms with Crippen LogP contribution in [0.25, 0.3) is 0 Å². The molecular formula is C47H52O14. The van der Waals surface area contributed by atoms with Gasteiger partial charge in [0.2, 0.25) is 0 Å². The average molecular weight is 841 g/mol. The molecule has 6 rings (SSSR count). The van der Waals surface area contributed by atoms with E-state index in [1.807, 2.05) is 121 Å². The Morgan fingerprint density at radius 1 is 0.508 bits per heavy atom. The van der Waals surface area contributed by atoms with E-state index in [0.29, 0.717) is 0 Å². The second kappa shape index (κ2) is 23.1. The molecule has 2 saturated heterocycles. The lowest BCUT2D eigenvalue weighted by molar-refractivity contribution is -0.365. The molecule has 2 aliphatic rings. The number of esters is 3. The third-order valence-electron chi connectivity index (χ3n) is 9.97. The van der Waals surface area contributed by atoms with Crippen LogP contribution >= 0.6 is 0 Å². The molecule has 0 spiro atoms. The molecule has 2 heterocycles. The highest BCUT2D eigenvalue weighted by Gasteiger charge is 2.58. The normalized spacial score (nSPS) is 26.1. The summed E-state index contributed by atoms with van der Waals surface area (Å²) in [6.07, 6.45) is -11.5. The van der Waals surface area contributed by atoms with Crippen molar-refractivity contribution in [2.75, 3.05) is 20.8 Å². The summed E-state index contributed by atoms with van der Waals surface area (Å²) in [4.78, 5) is 40.1. The first-order valence-electron chi connectivity index (χ1n) is 19.9. The minimum absolute atomic E-state index is 0.0193. The molecule has 2 aliphatic heterocycles. The van der Waals surface area contributed by atoms with Gasteiger partial charge >= 0.3 is 17.9 Å². The topological polar surface area (TPSA) is 153 Å². The van der Waals surface area contributed by atoms with E-state index >= 15 is 0 Å². The molecule has 0 radical (unpaired) electrons. The van der Waals surface area contributed by atoms with Gasteiger partial charge in [-0.25, -0.2) is 9.59 Å². The molecule has 61 heavy (non-hydrogen) atoms. The van der Waals surface area contributed by atoms with Gasteiger partial charge in [0.15, 0.2) is 30.9 Å². The van der Waals surface area contributed by atoms with E-state index < -0.39 is 79.3 Å². The predicted octanol–water partition coefficient (Wildman–Crippen LogP) is 5.64. The van der Waals surface area contributed by atoms with Crippen molar-refractivity contribution in [3.8, 4) is 0 Å². The first kappa shape index (κ1) is 45.2. The van der Waals surface area contributed by atoms with Crippen molar-refractivity contribution in [1.82, 2.24) is 0 Å². The summed E-state index contributed by atoms with van der Waals surface area (Å²) in [7, 11) is 2.39. The van der Waals surface area contributed by atoms with Crippen molar-refractivity contribution in [2.24, 2.45) is 0 Å². The Hall–Kier alpha value is -5.29. The second-order valence-electron chi connectivity index (χ2n) is 14.2. The van der Waals surface area contributed by atoms with Gasteiger partial charge in [-0.2, -0.15) is 0 Å². The number of rotatable bonds is 20. The summed E-state index contributed by atoms with van der Waals surface area (Å²) in [5, 5.41) is 0. The fourth-order valence-electron chi connectivity index (χ4n) is 7.06. The molecule has 4 aromatic rings. The third kappa shape index (κ3) is 12.4. The standard InChI is InChI=1S/C47H52O14/c1-5-26-53-46-42(56-29-34-22-14-8-15-23-34)37(55-28-33-20-12-7-13-21-33)39(41(60-46)45(50)52-4)59-47-43(57-30-35-24-16-9-17-25-35)36(54-27-32-18-10-6-11-19-32)38(58-31(2)48)40(61-47)44(49)51-3/h5-25,36-43,46-47H,1,26-30H2,2-4H3/t36-,37-,38+,39+,40-,41-,42+,43+,46-,47+/m0/s1. The van der Waals surface area contributed by atoms with Crippen molar-refractivity contribution in [3.05, 3.63) is 156 Å². The first-order valence-corrected chi connectivity index (χ1v) is 19.9. The molecule has 0 unspecified atom stereocenters. The fourth-order valence-corrected chi connectivity index (χ4v) is 7.06. The SMILES string of the molecule is C=CCO[C@H]1O[C@H](C(=O)OC)[C@H](O[C@@H]2O[C@H](C(=O)OC)[C@H](OC(C)=O)[C@H](OCc3ccccc3)[C@H]2OCc2ccccc2)[C@H](OCc2ccccc2)[C@H]1OCc1ccccc1. The highest BCUT2D eigenvalue weighted by molar-refractivity contribution is 5.77. The van der Waals surface area contributed by atoms with E-state index in [1.165, 1.54) is 21.1 Å². The van der Waals surface area contributed by atoms with Crippen molar-refractivity contribution in [1.29, 1.82) is 0 Å². The van der Waals surface area contributed by atoms with Crippen molar-refractivity contribution >= 4 is 17.9 Å². The average Bonchev–Trinajstić information content (AvgIpc) is 3.29. The summed E-state index contributed by atoms with van der Waals surface area (Å²) in [6, 6.07) is 37.5. The maximum Gasteiger partial charge on any atom is 0.339 e. The minimum atomic E-state index is -1.57. The molecule has 0 bridgehead atoms. The Balaban J connectivity index is 1.44. The Kier molecular flexibility index (Phi) is 17.1. The summed E-state index contributed by atoms with van der Waals surface area (Å²) < 4.78 is 68.4. The van der Waals surface area contributed by atoms with E-state index in [-0.39, 0.29) is 33.0 Å². The highest BCUT2D eigenvalue weighted by atomic mass is 16.8. The lowest BCUT2D eigenvalue weighted by Gasteiger charge is -2.49. The Morgan fingerprint density at radius 3 is 1.26 bits per heavy atom. The van der Waals surface area contributed by atoms with Crippen molar-refractivity contribution in [3.63, 3.8) is 0 Å². The fraction of sp³-hybridized carbons (Fsp3) is 0.383. The molecule has 14 nitrogen and oxygen atoms in total. The lowest BCUT2D eigenvalue weighted by Crippen LogP contribution is -2.67. The molecule has 10 atom stereocenters. The van der Waals surface area contributed by atoms with Gasteiger partial charge in [-0.1, -0.05) is 127 Å². The molecule has 324 valence electrons. The minimum Gasteiger partial charge on any atom is -0.467 e. The van der Waals surface area contributed by atoms with Crippen LogP contribution in [0.5, 0.6) is 0 Å². The van der Waals surface area contributed by atoms with Gasteiger partial charge in [0, 0.05) is 6.92 Å². The maximum atomic E-state index is 13.8. The molecular weight excluding hydrogens is 789 g/mol. The highest BCUT2D eigenvalue weighted by Crippen LogP contribution is 2.37. The first-order chi connectivity index (χ1) is 29.8. The Bertz CT molecular complexity index is 1950. The maximum absolute atomic E-state index is 13.8. The third-order valence-corrected chi connectivity index (χ3v) is 9.97. The zero-order valence-corrected chi connectivity index (χ0v) is 34.4. The van der Waals surface area contributed by atoms with Crippen LogP contribution in [-0.4, -0.2) is 100 Å². The van der Waals surface area contributed by atoms with E-state index in [4.69, 9.17) is 52.1 Å². The number of methoxy groups -OCH3 is 2. The van der Waals surface area contributed by atoms with Gasteiger partial charge < -0.3 is 52.1 Å². The number of hydrogen-bond acceptors (Lipinski definition) is 14. The van der Waals surface area contributed by atoms with Crippen LogP contribution in [0.15, 0.2) is 134 Å². The second-order valence-corrected chi connectivity index (χ2v) is 14.2. The molecule has 0 aliphatic carbocycles. The number of hydrogen-bond donors (Lipinski definition) is 0.